The fourth-order valence-electron chi connectivity index (χ4n) is 0.869. The Kier molecular flexibility index (Phi) is 3.99. The summed E-state index contributed by atoms with van der Waals surface area (Å²) in [5.41, 5.74) is 0.568. The van der Waals surface area contributed by atoms with Crippen LogP contribution >= 0.6 is 34.8 Å². The molecule has 1 aromatic carbocycles. The Morgan fingerprint density at radius 1 is 1.14 bits per heavy atom. The first-order valence-corrected chi connectivity index (χ1v) is 4.98. The molecule has 0 heterocycles. The number of alkyl halides is 3. The molecule has 0 aliphatic rings. The second kappa shape index (κ2) is 4.83. The molecule has 0 saturated heterocycles. The largest absolute Gasteiger partial charge is 0.289 e. The van der Waals surface area contributed by atoms with Crippen LogP contribution in [0.15, 0.2) is 42.5 Å². The highest BCUT2D eigenvalue weighted by Gasteiger charge is 2.14. The van der Waals surface area contributed by atoms with E-state index >= 15 is 0 Å². The van der Waals surface area contributed by atoms with Crippen LogP contribution in [0.4, 0.5) is 0 Å². The minimum absolute atomic E-state index is 0.183. The minimum Gasteiger partial charge on any atom is -0.289 e. The molecule has 1 aromatic rings. The van der Waals surface area contributed by atoms with Crippen molar-refractivity contribution in [2.75, 3.05) is 0 Å². The first-order chi connectivity index (χ1) is 6.49. The Bertz CT molecular complexity index is 338. The molecule has 0 atom stereocenters. The lowest BCUT2D eigenvalue weighted by Gasteiger charge is -2.01. The maximum Gasteiger partial charge on any atom is 0.209 e. The summed E-state index contributed by atoms with van der Waals surface area (Å²) in [7, 11) is 0. The summed E-state index contributed by atoms with van der Waals surface area (Å²) in [5.74, 6) is -0.183. The highest BCUT2D eigenvalue weighted by Crippen LogP contribution is 2.27. The van der Waals surface area contributed by atoms with Crippen molar-refractivity contribution in [1.82, 2.24) is 0 Å². The molecule has 1 nitrogen and oxygen atoms in total. The van der Waals surface area contributed by atoms with Gasteiger partial charge in [-0.15, -0.1) is 0 Å². The summed E-state index contributed by atoms with van der Waals surface area (Å²) in [5, 5.41) is 0. The van der Waals surface area contributed by atoms with E-state index in [0.29, 0.717) is 5.56 Å². The van der Waals surface area contributed by atoms with Crippen LogP contribution in [0.25, 0.3) is 0 Å². The Hall–Kier alpha value is -0.500. The third-order valence-electron chi connectivity index (χ3n) is 1.48. The average molecular weight is 250 g/mol. The molecule has 1 rings (SSSR count). The zero-order valence-corrected chi connectivity index (χ0v) is 9.35. The van der Waals surface area contributed by atoms with Gasteiger partial charge in [0.1, 0.15) is 0 Å². The Morgan fingerprint density at radius 3 is 2.21 bits per heavy atom. The summed E-state index contributed by atoms with van der Waals surface area (Å²) in [6, 6.07) is 8.78. The highest BCUT2D eigenvalue weighted by atomic mass is 35.6. The number of allylic oxidation sites excluding steroid dienone is 2. The van der Waals surface area contributed by atoms with E-state index in [9.17, 15) is 4.79 Å². The van der Waals surface area contributed by atoms with Crippen LogP contribution in [0.3, 0.4) is 0 Å². The van der Waals surface area contributed by atoms with Gasteiger partial charge in [0.2, 0.25) is 3.79 Å². The maximum atomic E-state index is 11.4. The molecule has 0 unspecified atom stereocenters. The number of benzene rings is 1. The van der Waals surface area contributed by atoms with Crippen molar-refractivity contribution in [3.63, 3.8) is 0 Å². The third kappa shape index (κ3) is 4.14. The number of carbonyl (C=O) groups excluding carboxylic acids is 1. The number of hydrogen-bond donors (Lipinski definition) is 0. The molecule has 0 N–H and O–H groups in total. The second-order valence-electron chi connectivity index (χ2n) is 2.61. The predicted octanol–water partition coefficient (Wildman–Crippen LogP) is 3.80. The van der Waals surface area contributed by atoms with Crippen molar-refractivity contribution >= 4 is 40.6 Å². The van der Waals surface area contributed by atoms with Gasteiger partial charge in [0.15, 0.2) is 5.78 Å². The van der Waals surface area contributed by atoms with Gasteiger partial charge in [0.25, 0.3) is 0 Å². The van der Waals surface area contributed by atoms with Crippen molar-refractivity contribution in [2.24, 2.45) is 0 Å². The molecule has 0 amide bonds. The molecule has 0 aromatic heterocycles. The molecule has 4 heteroatoms. The van der Waals surface area contributed by atoms with Gasteiger partial charge < -0.3 is 0 Å². The zero-order valence-electron chi connectivity index (χ0n) is 7.08. The Labute approximate surface area is 97.3 Å². The molecular formula is C10H7Cl3O. The summed E-state index contributed by atoms with van der Waals surface area (Å²) in [4.78, 5) is 11.4. The van der Waals surface area contributed by atoms with E-state index in [0.717, 1.165) is 0 Å². The van der Waals surface area contributed by atoms with Crippen LogP contribution in [0.1, 0.15) is 10.4 Å². The molecular weight excluding hydrogens is 242 g/mol. The molecule has 0 aliphatic carbocycles. The van der Waals surface area contributed by atoms with Gasteiger partial charge in [0.05, 0.1) is 0 Å². The third-order valence-corrected chi connectivity index (χ3v) is 1.86. The predicted molar refractivity (Wildman–Crippen MR) is 60.2 cm³/mol. The molecule has 0 bridgehead atoms. The molecule has 0 aliphatic heterocycles. The number of ketones is 1. The second-order valence-corrected chi connectivity index (χ2v) is 4.97. The minimum atomic E-state index is -1.52. The first kappa shape index (κ1) is 11.6. The van der Waals surface area contributed by atoms with Crippen molar-refractivity contribution in [3.05, 3.63) is 48.0 Å². The lowest BCUT2D eigenvalue weighted by atomic mass is 10.1. The van der Waals surface area contributed by atoms with Gasteiger partial charge in [-0.2, -0.15) is 0 Å². The summed E-state index contributed by atoms with van der Waals surface area (Å²) in [6.07, 6.45) is 2.48. The molecule has 0 spiro atoms. The van der Waals surface area contributed by atoms with Gasteiger partial charge >= 0.3 is 0 Å². The number of halogens is 3. The maximum absolute atomic E-state index is 11.4. The normalized spacial score (nSPS) is 11.9. The van der Waals surface area contributed by atoms with E-state index in [-0.39, 0.29) is 5.78 Å². The first-order valence-electron chi connectivity index (χ1n) is 3.84. The number of hydrogen-bond acceptors (Lipinski definition) is 1. The van der Waals surface area contributed by atoms with E-state index in [1.54, 1.807) is 24.3 Å². The smallest absolute Gasteiger partial charge is 0.209 e. The van der Waals surface area contributed by atoms with Crippen LogP contribution in [0.5, 0.6) is 0 Å². The van der Waals surface area contributed by atoms with Gasteiger partial charge in [-0.3, -0.25) is 4.79 Å². The molecule has 0 radical (unpaired) electrons. The number of carbonyl (C=O) groups is 1. The molecule has 0 saturated carbocycles. The number of rotatable bonds is 2. The van der Waals surface area contributed by atoms with Gasteiger partial charge in [0, 0.05) is 5.56 Å². The molecule has 14 heavy (non-hydrogen) atoms. The monoisotopic (exact) mass is 248 g/mol. The average Bonchev–Trinajstić information content (AvgIpc) is 2.14. The van der Waals surface area contributed by atoms with Crippen molar-refractivity contribution < 1.29 is 4.79 Å². The quantitative estimate of drug-likeness (QED) is 0.443. The lowest BCUT2D eigenvalue weighted by molar-refractivity contribution is 0.104. The Morgan fingerprint density at radius 2 is 1.71 bits per heavy atom. The van der Waals surface area contributed by atoms with E-state index in [2.05, 4.69) is 0 Å². The van der Waals surface area contributed by atoms with Crippen molar-refractivity contribution in [1.29, 1.82) is 0 Å². The van der Waals surface area contributed by atoms with Crippen LogP contribution in [-0.4, -0.2) is 9.58 Å². The Balaban J connectivity index is 2.74. The summed E-state index contributed by atoms with van der Waals surface area (Å²) in [6.45, 7) is 0. The van der Waals surface area contributed by atoms with Crippen LogP contribution in [-0.2, 0) is 0 Å². The fraction of sp³-hybridized carbons (Fsp3) is 0.100. The van der Waals surface area contributed by atoms with E-state index in [1.807, 2.05) is 6.07 Å². The van der Waals surface area contributed by atoms with Gasteiger partial charge in [-0.05, 0) is 12.2 Å². The topological polar surface area (TPSA) is 17.1 Å². The molecule has 0 fully saturated rings. The molecule has 74 valence electrons. The summed E-state index contributed by atoms with van der Waals surface area (Å²) >= 11 is 16.4. The van der Waals surface area contributed by atoms with E-state index in [4.69, 9.17) is 34.8 Å². The van der Waals surface area contributed by atoms with Crippen LogP contribution < -0.4 is 0 Å². The van der Waals surface area contributed by atoms with Gasteiger partial charge in [-0.1, -0.05) is 65.1 Å². The standard InChI is InChI=1S/C10H7Cl3O/c11-10(12,13)7-6-9(14)8-4-2-1-3-5-8/h1-7H/b7-6-. The van der Waals surface area contributed by atoms with E-state index < -0.39 is 3.79 Å². The SMILES string of the molecule is O=C(/C=C\C(Cl)(Cl)Cl)c1ccccc1. The van der Waals surface area contributed by atoms with Crippen LogP contribution in [0, 0.1) is 0 Å². The van der Waals surface area contributed by atoms with Gasteiger partial charge in [-0.25, -0.2) is 0 Å². The van der Waals surface area contributed by atoms with E-state index in [1.165, 1.54) is 12.2 Å². The summed E-state index contributed by atoms with van der Waals surface area (Å²) < 4.78 is -1.52. The zero-order chi connectivity index (χ0) is 10.6. The van der Waals surface area contributed by atoms with Crippen LogP contribution in [0.2, 0.25) is 0 Å². The lowest BCUT2D eigenvalue weighted by Crippen LogP contribution is -1.99. The van der Waals surface area contributed by atoms with Crippen molar-refractivity contribution in [3.8, 4) is 0 Å². The fourth-order valence-corrected chi connectivity index (χ4v) is 1.06. The van der Waals surface area contributed by atoms with Crippen molar-refractivity contribution in [2.45, 2.75) is 3.79 Å². The highest BCUT2D eigenvalue weighted by molar-refractivity contribution is 6.69.